The van der Waals surface area contributed by atoms with Crippen LogP contribution in [0, 0.1) is 5.82 Å². The maximum Gasteiger partial charge on any atom is 0.269 e. The van der Waals surface area contributed by atoms with Crippen LogP contribution in [0.4, 0.5) is 4.39 Å². The summed E-state index contributed by atoms with van der Waals surface area (Å²) in [5.41, 5.74) is 4.09. The second-order valence-corrected chi connectivity index (χ2v) is 6.54. The average Bonchev–Trinajstić information content (AvgIpc) is 2.69. The molecule has 0 aliphatic carbocycles. The van der Waals surface area contributed by atoms with Gasteiger partial charge in [-0.2, -0.15) is 0 Å². The number of carbonyl (C=O) groups is 2. The summed E-state index contributed by atoms with van der Waals surface area (Å²) < 4.78 is 13.3. The van der Waals surface area contributed by atoms with Crippen LogP contribution in [0.1, 0.15) is 54.9 Å². The summed E-state index contributed by atoms with van der Waals surface area (Å²) in [5.74, 6) is -1.06. The lowest BCUT2D eigenvalue weighted by atomic mass is 10.1. The van der Waals surface area contributed by atoms with Gasteiger partial charge in [-0.1, -0.05) is 49.7 Å². The lowest BCUT2D eigenvalue weighted by Gasteiger charge is -2.23. The van der Waals surface area contributed by atoms with E-state index in [9.17, 15) is 14.0 Å². The van der Waals surface area contributed by atoms with Crippen LogP contribution in [0.15, 0.2) is 54.6 Å². The number of halogens is 1. The Morgan fingerprint density at radius 3 is 2.48 bits per heavy atom. The third kappa shape index (κ3) is 7.21. The number of nitrogens with one attached hydrogen (secondary N) is 1. The Labute approximate surface area is 160 Å². The first kappa shape index (κ1) is 20.6. The van der Waals surface area contributed by atoms with Crippen molar-refractivity contribution in [2.24, 2.45) is 0 Å². The van der Waals surface area contributed by atoms with Crippen molar-refractivity contribution < 1.29 is 14.0 Å². The van der Waals surface area contributed by atoms with E-state index in [2.05, 4.69) is 17.6 Å². The van der Waals surface area contributed by atoms with Gasteiger partial charge in [0.25, 0.3) is 5.91 Å². The van der Waals surface area contributed by atoms with Gasteiger partial charge < -0.3 is 0 Å². The molecule has 1 N–H and O–H groups in total. The number of nitrogens with zero attached hydrogens (tertiary/aromatic N) is 1. The molecule has 0 fully saturated rings. The minimum Gasteiger partial charge on any atom is -0.273 e. The molecule has 0 radical (unpaired) electrons. The highest BCUT2D eigenvalue weighted by atomic mass is 19.1. The highest BCUT2D eigenvalue weighted by molar-refractivity contribution is 5.95. The SMILES string of the molecule is CCCCN(NC(=O)c1cccc(F)c1)C(=O)CCCCc1ccccc1. The predicted molar refractivity (Wildman–Crippen MR) is 104 cm³/mol. The first-order chi connectivity index (χ1) is 13.1. The summed E-state index contributed by atoms with van der Waals surface area (Å²) in [6, 6.07) is 15.6. The lowest BCUT2D eigenvalue weighted by Crippen LogP contribution is -2.46. The molecule has 0 aliphatic heterocycles. The minimum absolute atomic E-state index is 0.110. The topological polar surface area (TPSA) is 49.4 Å². The number of hydrogen-bond acceptors (Lipinski definition) is 2. The number of carbonyl (C=O) groups excluding carboxylic acids is 2. The first-order valence-corrected chi connectivity index (χ1v) is 9.51. The van der Waals surface area contributed by atoms with Crippen molar-refractivity contribution in [2.75, 3.05) is 6.54 Å². The number of hydrogen-bond donors (Lipinski definition) is 1. The quantitative estimate of drug-likeness (QED) is 0.521. The summed E-state index contributed by atoms with van der Waals surface area (Å²) in [5, 5.41) is 1.37. The van der Waals surface area contributed by atoms with Gasteiger partial charge in [0, 0.05) is 18.5 Å². The van der Waals surface area contributed by atoms with E-state index >= 15 is 0 Å². The number of amides is 2. The fourth-order valence-electron chi connectivity index (χ4n) is 2.76. The number of hydrazine groups is 1. The molecular weight excluding hydrogens is 343 g/mol. The van der Waals surface area contributed by atoms with Crippen LogP contribution in [0.2, 0.25) is 0 Å². The number of unbranched alkanes of at least 4 members (excludes halogenated alkanes) is 2. The molecule has 5 heteroatoms. The van der Waals surface area contributed by atoms with Gasteiger partial charge in [-0.3, -0.25) is 20.0 Å². The Morgan fingerprint density at radius 2 is 1.78 bits per heavy atom. The van der Waals surface area contributed by atoms with E-state index in [0.29, 0.717) is 13.0 Å². The van der Waals surface area contributed by atoms with Crippen LogP contribution < -0.4 is 5.43 Å². The van der Waals surface area contributed by atoms with Crippen LogP contribution >= 0.6 is 0 Å². The molecule has 0 bridgehead atoms. The van der Waals surface area contributed by atoms with Gasteiger partial charge >= 0.3 is 0 Å². The zero-order chi connectivity index (χ0) is 19.5. The molecule has 2 amide bonds. The van der Waals surface area contributed by atoms with Crippen molar-refractivity contribution in [3.63, 3.8) is 0 Å². The Bertz CT molecular complexity index is 734. The molecule has 2 aromatic rings. The summed E-state index contributed by atoms with van der Waals surface area (Å²) in [6.45, 7) is 2.48. The van der Waals surface area contributed by atoms with Crippen molar-refractivity contribution in [1.82, 2.24) is 10.4 Å². The van der Waals surface area contributed by atoms with E-state index in [1.54, 1.807) is 0 Å². The highest BCUT2D eigenvalue weighted by Gasteiger charge is 2.17. The molecule has 144 valence electrons. The molecule has 0 aromatic heterocycles. The summed E-state index contributed by atoms with van der Waals surface area (Å²) in [7, 11) is 0. The van der Waals surface area contributed by atoms with Gasteiger partial charge in [-0.15, -0.1) is 0 Å². The Hall–Kier alpha value is -2.69. The fraction of sp³-hybridized carbons (Fsp3) is 0.364. The van der Waals surface area contributed by atoms with Crippen molar-refractivity contribution in [3.05, 3.63) is 71.5 Å². The zero-order valence-electron chi connectivity index (χ0n) is 15.8. The zero-order valence-corrected chi connectivity index (χ0v) is 15.8. The van der Waals surface area contributed by atoms with Crippen LogP contribution in [0.3, 0.4) is 0 Å². The number of rotatable bonds is 9. The fourth-order valence-corrected chi connectivity index (χ4v) is 2.76. The van der Waals surface area contributed by atoms with Gasteiger partial charge in [-0.25, -0.2) is 4.39 Å². The molecule has 0 heterocycles. The summed E-state index contributed by atoms with van der Waals surface area (Å²) in [6.07, 6.45) is 4.67. The smallest absolute Gasteiger partial charge is 0.269 e. The minimum atomic E-state index is -0.477. The normalized spacial score (nSPS) is 10.4. The Kier molecular flexibility index (Phi) is 8.49. The molecule has 0 saturated heterocycles. The second kappa shape index (κ2) is 11.1. The molecule has 0 saturated carbocycles. The third-order valence-electron chi connectivity index (χ3n) is 4.31. The molecule has 0 spiro atoms. The molecule has 0 aliphatic rings. The van der Waals surface area contributed by atoms with E-state index < -0.39 is 11.7 Å². The molecule has 0 unspecified atom stereocenters. The molecule has 2 rings (SSSR count). The Morgan fingerprint density at radius 1 is 1.00 bits per heavy atom. The maximum atomic E-state index is 13.3. The molecule has 4 nitrogen and oxygen atoms in total. The highest BCUT2D eigenvalue weighted by Crippen LogP contribution is 2.09. The number of aryl methyl sites for hydroxylation is 1. The van der Waals surface area contributed by atoms with Gasteiger partial charge in [-0.05, 0) is 49.4 Å². The standard InChI is InChI=1S/C22H27FN2O2/c1-2-3-16-25(24-22(27)19-13-9-14-20(23)17-19)21(26)15-8-7-12-18-10-5-4-6-11-18/h4-6,9-11,13-14,17H,2-3,7-8,12,15-16H2,1H3,(H,24,27). The molecule has 2 aromatic carbocycles. The molecule has 27 heavy (non-hydrogen) atoms. The van der Waals surface area contributed by atoms with Crippen molar-refractivity contribution in [3.8, 4) is 0 Å². The van der Waals surface area contributed by atoms with E-state index in [-0.39, 0.29) is 11.5 Å². The van der Waals surface area contributed by atoms with E-state index in [1.165, 1.54) is 28.8 Å². The van der Waals surface area contributed by atoms with E-state index in [4.69, 9.17) is 0 Å². The monoisotopic (exact) mass is 370 g/mol. The third-order valence-corrected chi connectivity index (χ3v) is 4.31. The lowest BCUT2D eigenvalue weighted by molar-refractivity contribution is -0.133. The molecule has 0 atom stereocenters. The molecular formula is C22H27FN2O2. The number of benzene rings is 2. The van der Waals surface area contributed by atoms with Crippen LogP contribution in [-0.2, 0) is 11.2 Å². The van der Waals surface area contributed by atoms with E-state index in [1.807, 2.05) is 25.1 Å². The van der Waals surface area contributed by atoms with Crippen molar-refractivity contribution in [1.29, 1.82) is 0 Å². The summed E-state index contributed by atoms with van der Waals surface area (Å²) >= 11 is 0. The van der Waals surface area contributed by atoms with Crippen LogP contribution in [-0.4, -0.2) is 23.4 Å². The van der Waals surface area contributed by atoms with Crippen LogP contribution in [0.25, 0.3) is 0 Å². The van der Waals surface area contributed by atoms with Crippen molar-refractivity contribution >= 4 is 11.8 Å². The first-order valence-electron chi connectivity index (χ1n) is 9.51. The second-order valence-electron chi connectivity index (χ2n) is 6.54. The van der Waals surface area contributed by atoms with Gasteiger partial charge in [0.1, 0.15) is 5.82 Å². The van der Waals surface area contributed by atoms with Crippen LogP contribution in [0.5, 0.6) is 0 Å². The Balaban J connectivity index is 1.85. The largest absolute Gasteiger partial charge is 0.273 e. The predicted octanol–water partition coefficient (Wildman–Crippen LogP) is 4.51. The average molecular weight is 370 g/mol. The van der Waals surface area contributed by atoms with Gasteiger partial charge in [0.2, 0.25) is 5.91 Å². The van der Waals surface area contributed by atoms with Gasteiger partial charge in [0.05, 0.1) is 0 Å². The van der Waals surface area contributed by atoms with Gasteiger partial charge in [0.15, 0.2) is 0 Å². The van der Waals surface area contributed by atoms with E-state index in [0.717, 1.165) is 38.2 Å². The summed E-state index contributed by atoms with van der Waals surface area (Å²) in [4.78, 5) is 24.8. The maximum absolute atomic E-state index is 13.3. The van der Waals surface area contributed by atoms with Crippen molar-refractivity contribution in [2.45, 2.75) is 45.4 Å².